The van der Waals surface area contributed by atoms with E-state index in [2.05, 4.69) is 24.1 Å². The van der Waals surface area contributed by atoms with Crippen molar-refractivity contribution in [2.24, 2.45) is 5.92 Å². The summed E-state index contributed by atoms with van der Waals surface area (Å²) < 4.78 is 11.7. The number of thioether (sulfide) groups is 1. The summed E-state index contributed by atoms with van der Waals surface area (Å²) in [7, 11) is 2.14. The smallest absolute Gasteiger partial charge is 0.0729 e. The molecule has 3 aliphatic rings. The van der Waals surface area contributed by atoms with Crippen LogP contribution in [0.1, 0.15) is 51.4 Å². The van der Waals surface area contributed by atoms with Gasteiger partial charge in [-0.2, -0.15) is 11.8 Å². The SMILES string of the molecule is CNC(CSC1CCCC1)C1CCOC2(CCOCC2)C1. The van der Waals surface area contributed by atoms with Gasteiger partial charge in [0.2, 0.25) is 0 Å². The monoisotopic (exact) mass is 313 g/mol. The van der Waals surface area contributed by atoms with Gasteiger partial charge in [-0.15, -0.1) is 0 Å². The number of rotatable bonds is 5. The fraction of sp³-hybridized carbons (Fsp3) is 1.00. The van der Waals surface area contributed by atoms with Gasteiger partial charge >= 0.3 is 0 Å². The largest absolute Gasteiger partial charge is 0.381 e. The van der Waals surface area contributed by atoms with E-state index in [-0.39, 0.29) is 5.60 Å². The van der Waals surface area contributed by atoms with Crippen molar-refractivity contribution >= 4 is 11.8 Å². The van der Waals surface area contributed by atoms with Crippen molar-refractivity contribution in [2.75, 3.05) is 32.6 Å². The lowest BCUT2D eigenvalue weighted by Crippen LogP contribution is -2.49. The van der Waals surface area contributed by atoms with Crippen molar-refractivity contribution < 1.29 is 9.47 Å². The number of hydrogen-bond donors (Lipinski definition) is 1. The Morgan fingerprint density at radius 1 is 1.14 bits per heavy atom. The molecule has 0 aromatic carbocycles. The molecule has 1 spiro atoms. The van der Waals surface area contributed by atoms with Gasteiger partial charge in [-0.05, 0) is 51.5 Å². The Balaban J connectivity index is 1.52. The molecule has 1 saturated carbocycles. The summed E-state index contributed by atoms with van der Waals surface area (Å²) in [6, 6.07) is 0.652. The normalized spacial score (nSPS) is 31.6. The summed E-state index contributed by atoms with van der Waals surface area (Å²) in [6.45, 7) is 2.71. The second-order valence-corrected chi connectivity index (χ2v) is 8.37. The zero-order chi connectivity index (χ0) is 14.5. The lowest BCUT2D eigenvalue weighted by atomic mass is 9.78. The molecular formula is C17H31NO2S. The summed E-state index contributed by atoms with van der Waals surface area (Å²) in [5, 5.41) is 4.54. The van der Waals surface area contributed by atoms with Crippen LogP contribution in [0.2, 0.25) is 0 Å². The number of nitrogens with one attached hydrogen (secondary N) is 1. The van der Waals surface area contributed by atoms with E-state index in [4.69, 9.17) is 9.47 Å². The molecule has 0 radical (unpaired) electrons. The van der Waals surface area contributed by atoms with E-state index in [0.717, 1.165) is 43.8 Å². The van der Waals surface area contributed by atoms with Crippen molar-refractivity contribution in [1.29, 1.82) is 0 Å². The summed E-state index contributed by atoms with van der Waals surface area (Å²) >= 11 is 2.22. The third kappa shape index (κ3) is 4.15. The van der Waals surface area contributed by atoms with E-state index in [1.807, 2.05) is 0 Å². The molecule has 3 fully saturated rings. The van der Waals surface area contributed by atoms with Crippen LogP contribution in [0.5, 0.6) is 0 Å². The predicted octanol–water partition coefficient (Wildman–Crippen LogP) is 3.23. The van der Waals surface area contributed by atoms with Crippen molar-refractivity contribution in [3.63, 3.8) is 0 Å². The minimum atomic E-state index is 0.133. The minimum absolute atomic E-state index is 0.133. The maximum atomic E-state index is 6.19. The lowest BCUT2D eigenvalue weighted by Gasteiger charge is -2.45. The van der Waals surface area contributed by atoms with Gasteiger partial charge in [-0.25, -0.2) is 0 Å². The summed E-state index contributed by atoms with van der Waals surface area (Å²) in [4.78, 5) is 0. The Bertz CT molecular complexity index is 308. The van der Waals surface area contributed by atoms with Crippen LogP contribution in [-0.4, -0.2) is 49.5 Å². The molecule has 3 nitrogen and oxygen atoms in total. The molecule has 1 N–H and O–H groups in total. The van der Waals surface area contributed by atoms with Gasteiger partial charge in [-0.3, -0.25) is 0 Å². The molecule has 3 rings (SSSR count). The quantitative estimate of drug-likeness (QED) is 0.844. The van der Waals surface area contributed by atoms with Gasteiger partial charge < -0.3 is 14.8 Å². The maximum Gasteiger partial charge on any atom is 0.0729 e. The third-order valence-electron chi connectivity index (χ3n) is 5.69. The lowest BCUT2D eigenvalue weighted by molar-refractivity contribution is -0.149. The molecule has 2 aliphatic heterocycles. The van der Waals surface area contributed by atoms with Crippen molar-refractivity contribution in [1.82, 2.24) is 5.32 Å². The van der Waals surface area contributed by atoms with Gasteiger partial charge in [-0.1, -0.05) is 12.8 Å². The number of hydrogen-bond acceptors (Lipinski definition) is 4. The van der Waals surface area contributed by atoms with Crippen molar-refractivity contribution in [3.05, 3.63) is 0 Å². The van der Waals surface area contributed by atoms with Crippen LogP contribution in [0.3, 0.4) is 0 Å². The molecule has 21 heavy (non-hydrogen) atoms. The first-order valence-corrected chi connectivity index (χ1v) is 9.87. The first-order valence-electron chi connectivity index (χ1n) is 8.82. The molecule has 0 aromatic rings. The van der Waals surface area contributed by atoms with Gasteiger partial charge in [0.25, 0.3) is 0 Å². The second kappa shape index (κ2) is 7.67. The maximum absolute atomic E-state index is 6.19. The van der Waals surface area contributed by atoms with Gasteiger partial charge in [0.15, 0.2) is 0 Å². The van der Waals surface area contributed by atoms with Crippen LogP contribution in [0, 0.1) is 5.92 Å². The highest BCUT2D eigenvalue weighted by molar-refractivity contribution is 7.99. The highest BCUT2D eigenvalue weighted by Gasteiger charge is 2.41. The van der Waals surface area contributed by atoms with Crippen LogP contribution < -0.4 is 5.32 Å². The topological polar surface area (TPSA) is 30.5 Å². The minimum Gasteiger partial charge on any atom is -0.381 e. The summed E-state index contributed by atoms with van der Waals surface area (Å²) in [5.41, 5.74) is 0.133. The molecule has 2 atom stereocenters. The first kappa shape index (κ1) is 16.1. The fourth-order valence-corrected chi connectivity index (χ4v) is 5.84. The fourth-order valence-electron chi connectivity index (χ4n) is 4.25. The standard InChI is InChI=1S/C17H31NO2S/c1-18-16(13-21-15-4-2-3-5-15)14-6-9-20-17(12-14)7-10-19-11-8-17/h14-16,18H,2-13H2,1H3. The van der Waals surface area contributed by atoms with Crippen LogP contribution in [0.15, 0.2) is 0 Å². The van der Waals surface area contributed by atoms with E-state index < -0.39 is 0 Å². The van der Waals surface area contributed by atoms with E-state index in [1.54, 1.807) is 0 Å². The molecular weight excluding hydrogens is 282 g/mol. The Labute approximate surface area is 133 Å². The zero-order valence-electron chi connectivity index (χ0n) is 13.4. The molecule has 4 heteroatoms. The van der Waals surface area contributed by atoms with E-state index in [1.165, 1.54) is 44.3 Å². The average Bonchev–Trinajstić information content (AvgIpc) is 3.02. The summed E-state index contributed by atoms with van der Waals surface area (Å²) in [6.07, 6.45) is 10.4. The Morgan fingerprint density at radius 3 is 2.62 bits per heavy atom. The average molecular weight is 314 g/mol. The van der Waals surface area contributed by atoms with Gasteiger partial charge in [0.05, 0.1) is 5.60 Å². The first-order chi connectivity index (χ1) is 10.3. The molecule has 2 unspecified atom stereocenters. The Kier molecular flexibility index (Phi) is 5.88. The van der Waals surface area contributed by atoms with Crippen LogP contribution in [0.25, 0.3) is 0 Å². The van der Waals surface area contributed by atoms with Crippen molar-refractivity contribution in [3.8, 4) is 0 Å². The highest BCUT2D eigenvalue weighted by atomic mass is 32.2. The molecule has 0 aromatic heterocycles. The van der Waals surface area contributed by atoms with E-state index in [9.17, 15) is 0 Å². The van der Waals surface area contributed by atoms with Crippen LogP contribution >= 0.6 is 11.8 Å². The van der Waals surface area contributed by atoms with E-state index >= 15 is 0 Å². The molecule has 0 amide bonds. The van der Waals surface area contributed by atoms with E-state index in [0.29, 0.717) is 6.04 Å². The molecule has 0 bridgehead atoms. The Morgan fingerprint density at radius 2 is 1.90 bits per heavy atom. The molecule has 122 valence electrons. The predicted molar refractivity (Wildman–Crippen MR) is 89.0 cm³/mol. The molecule has 1 aliphatic carbocycles. The molecule has 2 saturated heterocycles. The second-order valence-electron chi connectivity index (χ2n) is 7.03. The number of ether oxygens (including phenoxy) is 2. The van der Waals surface area contributed by atoms with Gasteiger partial charge in [0.1, 0.15) is 0 Å². The van der Waals surface area contributed by atoms with Crippen LogP contribution in [0.4, 0.5) is 0 Å². The molecule has 2 heterocycles. The van der Waals surface area contributed by atoms with Crippen molar-refractivity contribution in [2.45, 2.75) is 68.3 Å². The van der Waals surface area contributed by atoms with Gasteiger partial charge in [0, 0.05) is 36.9 Å². The van der Waals surface area contributed by atoms with Crippen LogP contribution in [-0.2, 0) is 9.47 Å². The Hall–Kier alpha value is 0.230. The highest BCUT2D eigenvalue weighted by Crippen LogP contribution is 2.39. The third-order valence-corrected chi connectivity index (χ3v) is 7.18. The summed E-state index contributed by atoms with van der Waals surface area (Å²) in [5.74, 6) is 2.05. The zero-order valence-corrected chi connectivity index (χ0v) is 14.3.